The number of phenolic OH excluding ortho intramolecular Hbond substituents is 2. The monoisotopic (exact) mass is 457 g/mol. The lowest BCUT2D eigenvalue weighted by molar-refractivity contribution is 0.475. The molecule has 0 saturated heterocycles. The Morgan fingerprint density at radius 2 is 1.68 bits per heavy atom. The Bertz CT molecular complexity index is 1200. The second-order valence-electron chi connectivity index (χ2n) is 8.96. The molecule has 0 spiro atoms. The van der Waals surface area contributed by atoms with Crippen molar-refractivity contribution in [1.29, 1.82) is 0 Å². The number of fused-ring (bicyclic) bond motifs is 1. The van der Waals surface area contributed by atoms with Gasteiger partial charge in [-0.2, -0.15) is 0 Å². The van der Waals surface area contributed by atoms with E-state index in [0.29, 0.717) is 6.04 Å². The van der Waals surface area contributed by atoms with Gasteiger partial charge in [0.25, 0.3) is 0 Å². The van der Waals surface area contributed by atoms with Gasteiger partial charge in [0.2, 0.25) is 0 Å². The molecule has 34 heavy (non-hydrogen) atoms. The first kappa shape index (κ1) is 23.8. The summed E-state index contributed by atoms with van der Waals surface area (Å²) >= 11 is 0. The van der Waals surface area contributed by atoms with E-state index in [0.717, 1.165) is 72.2 Å². The van der Waals surface area contributed by atoms with Crippen LogP contribution in [0.15, 0.2) is 66.9 Å². The zero-order chi connectivity index (χ0) is 23.9. The number of hydrogen-bond donors (Lipinski definition) is 3. The fraction of sp³-hybridized carbons (Fsp3) is 0.345. The van der Waals surface area contributed by atoms with Gasteiger partial charge in [0.1, 0.15) is 11.5 Å². The van der Waals surface area contributed by atoms with E-state index in [2.05, 4.69) is 34.8 Å². The molecule has 2 heterocycles. The van der Waals surface area contributed by atoms with Crippen LogP contribution < -0.4 is 5.32 Å². The van der Waals surface area contributed by atoms with Crippen molar-refractivity contribution in [2.24, 2.45) is 0 Å². The van der Waals surface area contributed by atoms with Gasteiger partial charge >= 0.3 is 0 Å². The number of pyridine rings is 1. The van der Waals surface area contributed by atoms with E-state index in [9.17, 15) is 10.2 Å². The zero-order valence-electron chi connectivity index (χ0n) is 20.2. The van der Waals surface area contributed by atoms with E-state index >= 15 is 0 Å². The fourth-order valence-corrected chi connectivity index (χ4v) is 4.80. The second kappa shape index (κ2) is 11.2. The molecule has 1 atom stereocenters. The molecule has 4 rings (SSSR count). The van der Waals surface area contributed by atoms with Crippen molar-refractivity contribution in [3.05, 3.63) is 78.1 Å². The van der Waals surface area contributed by atoms with Crippen molar-refractivity contribution in [3.8, 4) is 22.8 Å². The van der Waals surface area contributed by atoms with Crippen LogP contribution in [0.1, 0.15) is 56.3 Å². The summed E-state index contributed by atoms with van der Waals surface area (Å²) in [7, 11) is 0. The van der Waals surface area contributed by atoms with Gasteiger partial charge in [-0.1, -0.05) is 25.8 Å². The van der Waals surface area contributed by atoms with Crippen LogP contribution in [0.5, 0.6) is 11.5 Å². The number of hydrogen-bond acceptors (Lipinski definition) is 4. The molecule has 5 heteroatoms. The highest BCUT2D eigenvalue weighted by Gasteiger charge is 2.16. The predicted molar refractivity (Wildman–Crippen MR) is 139 cm³/mol. The van der Waals surface area contributed by atoms with E-state index in [1.54, 1.807) is 18.2 Å². The number of rotatable bonds is 11. The first-order valence-electron chi connectivity index (χ1n) is 12.3. The molecular formula is C29H35N3O2. The molecule has 3 N–H and O–H groups in total. The average molecular weight is 458 g/mol. The minimum absolute atomic E-state index is 0.267. The molecule has 0 aliphatic carbocycles. The summed E-state index contributed by atoms with van der Waals surface area (Å²) in [6, 6.07) is 19.4. The maximum atomic E-state index is 10.0. The Hall–Kier alpha value is -3.31. The lowest BCUT2D eigenvalue weighted by atomic mass is 10.1. The zero-order valence-corrected chi connectivity index (χ0v) is 20.2. The molecule has 1 unspecified atom stereocenters. The van der Waals surface area contributed by atoms with Gasteiger partial charge < -0.3 is 20.1 Å². The number of unbranched alkanes of at least 4 members (excludes halogenated alkanes) is 3. The van der Waals surface area contributed by atoms with E-state index in [4.69, 9.17) is 0 Å². The van der Waals surface area contributed by atoms with Crippen molar-refractivity contribution in [1.82, 2.24) is 14.9 Å². The third kappa shape index (κ3) is 5.42. The molecule has 178 valence electrons. The number of nitrogens with zero attached hydrogens (tertiary/aromatic N) is 2. The molecule has 0 aliphatic rings. The topological polar surface area (TPSA) is 70.3 Å². The van der Waals surface area contributed by atoms with Crippen molar-refractivity contribution < 1.29 is 10.2 Å². The van der Waals surface area contributed by atoms with E-state index < -0.39 is 0 Å². The van der Waals surface area contributed by atoms with Gasteiger partial charge in [-0.25, -0.2) is 0 Å². The molecule has 4 aromatic rings. The van der Waals surface area contributed by atoms with Gasteiger partial charge in [0.05, 0.1) is 11.4 Å². The summed E-state index contributed by atoms with van der Waals surface area (Å²) in [5, 5.41) is 24.5. The van der Waals surface area contributed by atoms with Gasteiger partial charge in [-0.15, -0.1) is 0 Å². The van der Waals surface area contributed by atoms with E-state index in [1.807, 2.05) is 42.6 Å². The first-order valence-corrected chi connectivity index (χ1v) is 12.3. The Morgan fingerprint density at radius 3 is 2.41 bits per heavy atom. The number of aryl methyl sites for hydroxylation is 2. The standard InChI is InChI=1S/C29H35N3O2/c1-3-26(27-10-6-8-18-31-27)30-17-7-4-5-9-19-32-28-16-15-24(34)20-25(28)21(2)29(32)22-11-13-23(33)14-12-22/h6,8,10-16,18,20,26,30,33-34H,3-5,7,9,17,19H2,1-2H3. The van der Waals surface area contributed by atoms with Gasteiger partial charge in [0.15, 0.2) is 0 Å². The van der Waals surface area contributed by atoms with Crippen LogP contribution in [0.2, 0.25) is 0 Å². The first-order chi connectivity index (χ1) is 16.6. The summed E-state index contributed by atoms with van der Waals surface area (Å²) in [6.45, 7) is 6.22. The summed E-state index contributed by atoms with van der Waals surface area (Å²) < 4.78 is 2.36. The lowest BCUT2D eigenvalue weighted by Crippen LogP contribution is -2.22. The summed E-state index contributed by atoms with van der Waals surface area (Å²) in [6.07, 6.45) is 7.47. The average Bonchev–Trinajstić information content (AvgIpc) is 3.12. The molecule has 0 fully saturated rings. The molecule has 0 bridgehead atoms. The van der Waals surface area contributed by atoms with Gasteiger partial charge in [-0.05, 0) is 98.5 Å². The fourth-order valence-electron chi connectivity index (χ4n) is 4.80. The highest BCUT2D eigenvalue weighted by atomic mass is 16.3. The summed E-state index contributed by atoms with van der Waals surface area (Å²) in [4.78, 5) is 4.49. The Kier molecular flexibility index (Phi) is 7.86. The van der Waals surface area contributed by atoms with Crippen molar-refractivity contribution in [3.63, 3.8) is 0 Å². The van der Waals surface area contributed by atoms with E-state index in [1.165, 1.54) is 6.42 Å². The largest absolute Gasteiger partial charge is 0.508 e. The molecule has 5 nitrogen and oxygen atoms in total. The Balaban J connectivity index is 1.37. The van der Waals surface area contributed by atoms with Gasteiger partial charge in [-0.3, -0.25) is 4.98 Å². The van der Waals surface area contributed by atoms with Crippen LogP contribution in [-0.4, -0.2) is 26.3 Å². The molecule has 0 saturated carbocycles. The molecule has 0 aliphatic heterocycles. The predicted octanol–water partition coefficient (Wildman–Crippen LogP) is 6.72. The summed E-state index contributed by atoms with van der Waals surface area (Å²) in [5.74, 6) is 0.553. The molecule has 2 aromatic heterocycles. The maximum absolute atomic E-state index is 10.0. The quantitative estimate of drug-likeness (QED) is 0.219. The third-order valence-electron chi connectivity index (χ3n) is 6.59. The third-order valence-corrected chi connectivity index (χ3v) is 6.59. The Labute approximate surface area is 202 Å². The van der Waals surface area contributed by atoms with Crippen molar-refractivity contribution in [2.75, 3.05) is 6.54 Å². The van der Waals surface area contributed by atoms with Crippen LogP contribution in [0.25, 0.3) is 22.2 Å². The number of phenols is 2. The van der Waals surface area contributed by atoms with Crippen LogP contribution in [-0.2, 0) is 6.54 Å². The van der Waals surface area contributed by atoms with Crippen LogP contribution in [0, 0.1) is 6.92 Å². The van der Waals surface area contributed by atoms with Crippen LogP contribution in [0.3, 0.4) is 0 Å². The number of nitrogens with one attached hydrogen (secondary N) is 1. The van der Waals surface area contributed by atoms with Gasteiger partial charge in [0, 0.05) is 29.7 Å². The Morgan fingerprint density at radius 1 is 0.912 bits per heavy atom. The molecule has 0 radical (unpaired) electrons. The SMILES string of the molecule is CCC(NCCCCCCn1c(-c2ccc(O)cc2)c(C)c2cc(O)ccc21)c1ccccn1. The highest BCUT2D eigenvalue weighted by molar-refractivity contribution is 5.92. The number of aromatic nitrogens is 2. The van der Waals surface area contributed by atoms with Crippen molar-refractivity contribution >= 4 is 10.9 Å². The van der Waals surface area contributed by atoms with Crippen molar-refractivity contribution in [2.45, 2.75) is 58.5 Å². The molecular weight excluding hydrogens is 422 g/mol. The number of aromatic hydroxyl groups is 2. The summed E-state index contributed by atoms with van der Waals surface area (Å²) in [5.41, 5.74) is 5.65. The smallest absolute Gasteiger partial charge is 0.116 e. The second-order valence-corrected chi connectivity index (χ2v) is 8.96. The van der Waals surface area contributed by atoms with Crippen LogP contribution >= 0.6 is 0 Å². The number of benzene rings is 2. The van der Waals surface area contributed by atoms with E-state index in [-0.39, 0.29) is 11.5 Å². The lowest BCUT2D eigenvalue weighted by Gasteiger charge is -2.16. The minimum atomic E-state index is 0.267. The molecule has 0 amide bonds. The molecule has 2 aromatic carbocycles. The minimum Gasteiger partial charge on any atom is -0.508 e. The van der Waals surface area contributed by atoms with Crippen LogP contribution in [0.4, 0.5) is 0 Å². The highest BCUT2D eigenvalue weighted by Crippen LogP contribution is 2.36. The maximum Gasteiger partial charge on any atom is 0.116 e. The normalized spacial score (nSPS) is 12.3.